The second-order valence-electron chi connectivity index (χ2n) is 12.0. The minimum Gasteiger partial charge on any atom is -0.481 e. The summed E-state index contributed by atoms with van der Waals surface area (Å²) in [6.07, 6.45) is 4.10. The van der Waals surface area contributed by atoms with Crippen molar-refractivity contribution in [3.8, 4) is 0 Å². The summed E-state index contributed by atoms with van der Waals surface area (Å²) in [6, 6.07) is 4.69. The summed E-state index contributed by atoms with van der Waals surface area (Å²) in [6.45, 7) is 6.60. The maximum absolute atomic E-state index is 13.2. The highest BCUT2D eigenvalue weighted by atomic mass is 16.5. The van der Waals surface area contributed by atoms with Gasteiger partial charge in [0.15, 0.2) is 0 Å². The van der Waals surface area contributed by atoms with E-state index >= 15 is 0 Å². The molecule has 7 N–H and O–H groups in total. The van der Waals surface area contributed by atoms with Crippen LogP contribution in [0.4, 0.5) is 10.5 Å². The molecule has 1 aromatic rings. The fourth-order valence-electron chi connectivity index (χ4n) is 4.64. The Morgan fingerprint density at radius 2 is 1.58 bits per heavy atom. The smallest absolute Gasteiger partial charge is 0.312 e. The van der Waals surface area contributed by atoms with Gasteiger partial charge in [-0.15, -0.1) is 0 Å². The van der Waals surface area contributed by atoms with E-state index in [1.807, 2.05) is 20.8 Å². The van der Waals surface area contributed by atoms with Crippen LogP contribution in [-0.4, -0.2) is 83.3 Å². The zero-order valence-corrected chi connectivity index (χ0v) is 27.8. The zero-order chi connectivity index (χ0) is 35.6. The number of anilines is 1. The minimum absolute atomic E-state index is 0.0270. The van der Waals surface area contributed by atoms with Crippen LogP contribution >= 0.6 is 0 Å². The number of carboxylic acids is 1. The van der Waals surface area contributed by atoms with E-state index in [-0.39, 0.29) is 62.3 Å². The Labute approximate surface area is 280 Å². The van der Waals surface area contributed by atoms with Gasteiger partial charge in [-0.2, -0.15) is 0 Å². The molecule has 6 amide bonds. The predicted octanol–water partition coefficient (Wildman–Crippen LogP) is 1.81. The third-order valence-corrected chi connectivity index (χ3v) is 7.85. The highest BCUT2D eigenvalue weighted by Crippen LogP contribution is 2.15. The number of hydrogen-bond acceptors (Lipinski definition) is 9. The molecule has 1 aliphatic rings. The Kier molecular flexibility index (Phi) is 16.6. The van der Waals surface area contributed by atoms with Gasteiger partial charge in [0, 0.05) is 49.9 Å². The van der Waals surface area contributed by atoms with Crippen LogP contribution in [0.2, 0.25) is 0 Å². The first-order valence-electron chi connectivity index (χ1n) is 16.1. The molecule has 0 radical (unpaired) electrons. The molecule has 0 spiro atoms. The summed E-state index contributed by atoms with van der Waals surface area (Å²) >= 11 is 0. The molecule has 0 saturated heterocycles. The molecule has 48 heavy (non-hydrogen) atoms. The van der Waals surface area contributed by atoms with E-state index in [1.54, 1.807) is 24.3 Å². The average molecular weight is 673 g/mol. The Morgan fingerprint density at radius 1 is 0.917 bits per heavy atom. The van der Waals surface area contributed by atoms with Gasteiger partial charge in [0.1, 0.15) is 12.6 Å². The van der Waals surface area contributed by atoms with E-state index in [4.69, 9.17) is 10.5 Å². The number of amides is 6. The number of carbonyl (C=O) groups is 7. The lowest BCUT2D eigenvalue weighted by Gasteiger charge is -2.24. The molecule has 3 atom stereocenters. The number of nitrogens with two attached hydrogens (primary N) is 1. The molecule has 0 bridgehead atoms. The molecule has 15 heteroatoms. The van der Waals surface area contributed by atoms with Gasteiger partial charge in [-0.3, -0.25) is 33.7 Å². The normalized spacial score (nSPS) is 14.3. The number of hydrogen-bond donors (Lipinski definition) is 6. The highest BCUT2D eigenvalue weighted by molar-refractivity contribution is 6.12. The average Bonchev–Trinajstić information content (AvgIpc) is 3.35. The van der Waals surface area contributed by atoms with Gasteiger partial charge in [-0.05, 0) is 49.3 Å². The standard InChI is InChI=1S/C33H48N6O9/c1-21(2)22(3)32(46)48-20-23-10-12-24(13-11-23)36-19-25(8-7-16-35-33(34)47)37-31(45)26(18-30(43)44)38-27(40)9-5-4-6-17-39-28(41)14-15-29(39)42/h10-15,21-22,25-26,36H,4-9,16-20H2,1-3H3,(H,37,45)(H,38,40)(H,43,44)(H3,34,35,47)/t22?,25-,26-/m0/s1. The second kappa shape index (κ2) is 20.3. The number of benzene rings is 1. The van der Waals surface area contributed by atoms with Crippen LogP contribution in [0, 0.1) is 11.8 Å². The Morgan fingerprint density at radius 3 is 2.19 bits per heavy atom. The topological polar surface area (TPSA) is 226 Å². The lowest BCUT2D eigenvalue weighted by Crippen LogP contribution is -2.52. The number of carbonyl (C=O) groups excluding carboxylic acids is 6. The van der Waals surface area contributed by atoms with Gasteiger partial charge < -0.3 is 36.8 Å². The molecule has 0 aliphatic carbocycles. The van der Waals surface area contributed by atoms with Crippen LogP contribution in [-0.2, 0) is 40.1 Å². The molecule has 0 aromatic heterocycles. The first kappa shape index (κ1) is 39.2. The molecule has 1 heterocycles. The maximum atomic E-state index is 13.2. The molecule has 1 aliphatic heterocycles. The Hall–Kier alpha value is -4.95. The molecule has 1 unspecified atom stereocenters. The Balaban J connectivity index is 1.92. The number of unbranched alkanes of at least 4 members (excludes halogenated alkanes) is 2. The summed E-state index contributed by atoms with van der Waals surface area (Å²) in [5.74, 6) is -3.50. The molecule has 15 nitrogen and oxygen atoms in total. The first-order chi connectivity index (χ1) is 22.8. The minimum atomic E-state index is -1.33. The van der Waals surface area contributed by atoms with E-state index in [0.717, 1.165) is 16.2 Å². The van der Waals surface area contributed by atoms with Gasteiger partial charge in [0.2, 0.25) is 11.8 Å². The van der Waals surface area contributed by atoms with Crippen LogP contribution in [0.3, 0.4) is 0 Å². The number of primary amides is 1. The number of ether oxygens (including phenoxy) is 1. The molecule has 0 fully saturated rings. The van der Waals surface area contributed by atoms with Crippen molar-refractivity contribution in [3.05, 3.63) is 42.0 Å². The molecule has 264 valence electrons. The number of esters is 1. The summed E-state index contributed by atoms with van der Waals surface area (Å²) in [4.78, 5) is 84.9. The molecule has 1 aromatic carbocycles. The molecule has 0 saturated carbocycles. The van der Waals surface area contributed by atoms with Crippen molar-refractivity contribution in [1.82, 2.24) is 20.9 Å². The van der Waals surface area contributed by atoms with E-state index in [9.17, 15) is 38.7 Å². The maximum Gasteiger partial charge on any atom is 0.312 e. The van der Waals surface area contributed by atoms with E-state index in [1.165, 1.54) is 12.2 Å². The van der Waals surface area contributed by atoms with E-state index < -0.39 is 42.3 Å². The lowest BCUT2D eigenvalue weighted by molar-refractivity contribution is -0.150. The van der Waals surface area contributed by atoms with Gasteiger partial charge in [-0.25, -0.2) is 4.79 Å². The third kappa shape index (κ3) is 14.6. The summed E-state index contributed by atoms with van der Waals surface area (Å²) < 4.78 is 5.40. The zero-order valence-electron chi connectivity index (χ0n) is 27.8. The van der Waals surface area contributed by atoms with Gasteiger partial charge in [-0.1, -0.05) is 39.3 Å². The number of nitrogens with zero attached hydrogens (tertiary/aromatic N) is 1. The van der Waals surface area contributed by atoms with Gasteiger partial charge >= 0.3 is 18.0 Å². The highest BCUT2D eigenvalue weighted by Gasteiger charge is 2.26. The Bertz CT molecular complexity index is 1300. The van der Waals surface area contributed by atoms with Crippen LogP contribution < -0.4 is 27.0 Å². The van der Waals surface area contributed by atoms with Crippen molar-refractivity contribution in [2.24, 2.45) is 17.6 Å². The fourth-order valence-corrected chi connectivity index (χ4v) is 4.64. The van der Waals surface area contributed by atoms with Crippen molar-refractivity contribution in [2.75, 3.05) is 25.0 Å². The summed E-state index contributed by atoms with van der Waals surface area (Å²) in [7, 11) is 0. The molecular weight excluding hydrogens is 624 g/mol. The number of aliphatic carboxylic acids is 1. The SMILES string of the molecule is CC(C)C(C)C(=O)OCc1ccc(NC[C@H](CCCNC(N)=O)NC(=O)[C@H](CC(=O)O)NC(=O)CCCCCN2C(=O)C=CC2=O)cc1. The third-order valence-electron chi connectivity index (χ3n) is 7.85. The number of urea groups is 1. The van der Waals surface area contributed by atoms with E-state index in [2.05, 4.69) is 21.3 Å². The van der Waals surface area contributed by atoms with Crippen molar-refractivity contribution in [3.63, 3.8) is 0 Å². The summed E-state index contributed by atoms with van der Waals surface area (Å²) in [5, 5.41) is 20.4. The van der Waals surface area contributed by atoms with E-state index in [0.29, 0.717) is 32.1 Å². The quantitative estimate of drug-likeness (QED) is 0.0595. The predicted molar refractivity (Wildman–Crippen MR) is 176 cm³/mol. The number of rotatable bonds is 22. The molecular formula is C33H48N6O9. The number of carboxylic acid groups (broad SMARTS) is 1. The van der Waals surface area contributed by atoms with Crippen molar-refractivity contribution >= 4 is 47.3 Å². The van der Waals surface area contributed by atoms with Gasteiger partial charge in [0.25, 0.3) is 11.8 Å². The van der Waals surface area contributed by atoms with Crippen molar-refractivity contribution in [1.29, 1.82) is 0 Å². The van der Waals surface area contributed by atoms with Crippen LogP contribution in [0.25, 0.3) is 0 Å². The van der Waals surface area contributed by atoms with Crippen molar-refractivity contribution in [2.45, 2.75) is 84.4 Å². The van der Waals surface area contributed by atoms with Crippen LogP contribution in [0.1, 0.15) is 71.3 Å². The van der Waals surface area contributed by atoms with Crippen LogP contribution in [0.5, 0.6) is 0 Å². The number of imide groups is 1. The monoisotopic (exact) mass is 672 g/mol. The fraction of sp³-hybridized carbons (Fsp3) is 0.545. The molecule has 2 rings (SSSR count). The second-order valence-corrected chi connectivity index (χ2v) is 12.0. The lowest BCUT2D eigenvalue weighted by atomic mass is 9.99. The first-order valence-corrected chi connectivity index (χ1v) is 16.1. The van der Waals surface area contributed by atoms with Crippen molar-refractivity contribution < 1.29 is 43.4 Å². The van der Waals surface area contributed by atoms with Gasteiger partial charge in [0.05, 0.1) is 12.3 Å². The number of nitrogens with one attached hydrogen (secondary N) is 4. The largest absolute Gasteiger partial charge is 0.481 e. The summed E-state index contributed by atoms with van der Waals surface area (Å²) in [5.41, 5.74) is 6.66. The van der Waals surface area contributed by atoms with Crippen LogP contribution in [0.15, 0.2) is 36.4 Å².